The monoisotopic (exact) mass is 324 g/mol. The van der Waals surface area contributed by atoms with Gasteiger partial charge in [-0.1, -0.05) is 18.2 Å². The minimum absolute atomic E-state index is 0. The molecule has 23 heavy (non-hydrogen) atoms. The molecule has 0 radical (unpaired) electrons. The van der Waals surface area contributed by atoms with Crippen molar-refractivity contribution in [2.24, 2.45) is 7.05 Å². The zero-order valence-corrected chi connectivity index (χ0v) is 14.5. The van der Waals surface area contributed by atoms with Gasteiger partial charge in [-0.25, -0.2) is 4.57 Å². The lowest BCUT2D eigenvalue weighted by atomic mass is 10.2. The van der Waals surface area contributed by atoms with E-state index in [1.807, 2.05) is 12.1 Å². The molecule has 3 heteroatoms. The van der Waals surface area contributed by atoms with E-state index in [4.69, 9.17) is 0 Å². The van der Waals surface area contributed by atoms with Gasteiger partial charge < -0.3 is 17.0 Å². The first-order chi connectivity index (χ1) is 10.7. The Balaban J connectivity index is 0.00000192. The van der Waals surface area contributed by atoms with Gasteiger partial charge in [0.15, 0.2) is 6.20 Å². The van der Waals surface area contributed by atoms with Crippen molar-refractivity contribution in [2.75, 3.05) is 0 Å². The Bertz CT molecular complexity index is 817. The van der Waals surface area contributed by atoms with E-state index in [9.17, 15) is 0 Å². The zero-order chi connectivity index (χ0) is 15.5. The Morgan fingerprint density at radius 1 is 0.913 bits per heavy atom. The first-order valence-electron chi connectivity index (χ1n) is 7.54. The zero-order valence-electron chi connectivity index (χ0n) is 13.7. The molecule has 2 heterocycles. The van der Waals surface area contributed by atoms with Gasteiger partial charge in [-0.05, 0) is 49.8 Å². The highest BCUT2D eigenvalue weighted by molar-refractivity contribution is 5.69. The quantitative estimate of drug-likeness (QED) is 0.638. The van der Waals surface area contributed by atoms with Crippen LogP contribution in [-0.4, -0.2) is 4.57 Å². The van der Waals surface area contributed by atoms with Crippen molar-refractivity contribution in [3.8, 4) is 5.69 Å². The average molecular weight is 325 g/mol. The van der Waals surface area contributed by atoms with Gasteiger partial charge in [0.1, 0.15) is 7.05 Å². The van der Waals surface area contributed by atoms with Gasteiger partial charge in [0.25, 0.3) is 0 Å². The Kier molecular flexibility index (Phi) is 5.41. The van der Waals surface area contributed by atoms with Crippen LogP contribution < -0.4 is 17.0 Å². The van der Waals surface area contributed by atoms with E-state index in [1.54, 1.807) is 0 Å². The second kappa shape index (κ2) is 7.30. The van der Waals surface area contributed by atoms with E-state index >= 15 is 0 Å². The number of rotatable bonds is 3. The molecule has 0 aliphatic heterocycles. The molecule has 0 saturated carbocycles. The molecule has 0 aliphatic rings. The first kappa shape index (κ1) is 17.0. The molecule has 3 aromatic rings. The maximum absolute atomic E-state index is 2.30. The van der Waals surface area contributed by atoms with Gasteiger partial charge in [0.05, 0.1) is 0 Å². The normalized spacial score (nSPS) is 10.7. The Morgan fingerprint density at radius 2 is 1.61 bits per heavy atom. The van der Waals surface area contributed by atoms with Crippen LogP contribution in [0.3, 0.4) is 0 Å². The Hall–Kier alpha value is -2.32. The summed E-state index contributed by atoms with van der Waals surface area (Å²) >= 11 is 0. The molecule has 0 spiro atoms. The number of para-hydroxylation sites is 1. The summed E-state index contributed by atoms with van der Waals surface area (Å²) < 4.78 is 4.41. The van der Waals surface area contributed by atoms with Crippen LogP contribution in [0, 0.1) is 13.8 Å². The van der Waals surface area contributed by atoms with Crippen molar-refractivity contribution in [1.29, 1.82) is 0 Å². The van der Waals surface area contributed by atoms with Crippen LogP contribution in [-0.2, 0) is 7.05 Å². The third-order valence-corrected chi connectivity index (χ3v) is 4.01. The molecule has 0 N–H and O–H groups in total. The summed E-state index contributed by atoms with van der Waals surface area (Å²) in [7, 11) is 2.06. The van der Waals surface area contributed by atoms with Crippen LogP contribution in [0.2, 0.25) is 0 Å². The number of aromatic nitrogens is 2. The third kappa shape index (κ3) is 3.54. The fourth-order valence-corrected chi connectivity index (χ4v) is 2.82. The highest BCUT2D eigenvalue weighted by Crippen LogP contribution is 2.22. The molecule has 3 rings (SSSR count). The van der Waals surface area contributed by atoms with Crippen molar-refractivity contribution in [1.82, 2.24) is 4.57 Å². The number of aryl methyl sites for hydroxylation is 2. The summed E-state index contributed by atoms with van der Waals surface area (Å²) in [6.45, 7) is 4.32. The van der Waals surface area contributed by atoms with Crippen LogP contribution >= 0.6 is 0 Å². The highest BCUT2D eigenvalue weighted by Gasteiger charge is 2.09. The number of nitrogens with zero attached hydrogens (tertiary/aromatic N) is 2. The largest absolute Gasteiger partial charge is 1.00 e. The summed E-state index contributed by atoms with van der Waals surface area (Å²) in [5, 5.41) is 0. The van der Waals surface area contributed by atoms with Gasteiger partial charge in [-0.2, -0.15) is 0 Å². The van der Waals surface area contributed by atoms with Gasteiger partial charge in [-0.15, -0.1) is 0 Å². The molecule has 2 nitrogen and oxygen atoms in total. The number of halogens is 1. The number of hydrogen-bond acceptors (Lipinski definition) is 0. The van der Waals surface area contributed by atoms with E-state index < -0.39 is 0 Å². The lowest BCUT2D eigenvalue weighted by molar-refractivity contribution is -0.673. The molecule has 0 aliphatic carbocycles. The van der Waals surface area contributed by atoms with Gasteiger partial charge in [0, 0.05) is 35.3 Å². The third-order valence-electron chi connectivity index (χ3n) is 4.01. The molecule has 0 amide bonds. The van der Waals surface area contributed by atoms with Crippen molar-refractivity contribution in [2.45, 2.75) is 13.8 Å². The molecule has 0 unspecified atom stereocenters. The number of hydrogen-bond donors (Lipinski definition) is 0. The predicted octanol–water partition coefficient (Wildman–Crippen LogP) is 1.09. The van der Waals surface area contributed by atoms with Crippen LogP contribution in [0.4, 0.5) is 0 Å². The number of pyridine rings is 1. The lowest BCUT2D eigenvalue weighted by Gasteiger charge is -2.09. The molecule has 118 valence electrons. The van der Waals surface area contributed by atoms with Crippen LogP contribution in [0.15, 0.2) is 60.8 Å². The Labute approximate surface area is 144 Å². The summed E-state index contributed by atoms with van der Waals surface area (Å²) in [4.78, 5) is 0. The number of benzene rings is 1. The molecule has 0 bridgehead atoms. The smallest absolute Gasteiger partial charge is 0.204 e. The highest BCUT2D eigenvalue weighted by atomic mass is 35.5. The molecule has 2 aromatic heterocycles. The van der Waals surface area contributed by atoms with Crippen molar-refractivity contribution < 1.29 is 17.0 Å². The van der Waals surface area contributed by atoms with Crippen molar-refractivity contribution >= 4 is 12.2 Å². The average Bonchev–Trinajstić information content (AvgIpc) is 2.81. The van der Waals surface area contributed by atoms with Crippen LogP contribution in [0.1, 0.15) is 22.6 Å². The second-order valence-corrected chi connectivity index (χ2v) is 5.57. The molecule has 0 atom stereocenters. The minimum Gasteiger partial charge on any atom is -1.00 e. The van der Waals surface area contributed by atoms with E-state index in [0.29, 0.717) is 0 Å². The summed E-state index contributed by atoms with van der Waals surface area (Å²) in [6, 6.07) is 18.9. The minimum atomic E-state index is 0. The van der Waals surface area contributed by atoms with Crippen molar-refractivity contribution in [3.63, 3.8) is 0 Å². The first-order valence-corrected chi connectivity index (χ1v) is 7.54. The topological polar surface area (TPSA) is 8.81 Å². The molecule has 0 fully saturated rings. The second-order valence-electron chi connectivity index (χ2n) is 5.57. The van der Waals surface area contributed by atoms with E-state index in [-0.39, 0.29) is 12.4 Å². The molecule has 1 aromatic carbocycles. The summed E-state index contributed by atoms with van der Waals surface area (Å²) in [5.41, 5.74) is 6.17. The van der Waals surface area contributed by atoms with Gasteiger partial charge >= 0.3 is 0 Å². The fraction of sp³-hybridized carbons (Fsp3) is 0.150. The lowest BCUT2D eigenvalue weighted by Crippen LogP contribution is -3.00. The van der Waals surface area contributed by atoms with E-state index in [2.05, 4.69) is 90.8 Å². The fourth-order valence-electron chi connectivity index (χ4n) is 2.82. The maximum Gasteiger partial charge on any atom is 0.204 e. The SMILES string of the molecule is Cc1cc(/C=C/c2cccc[n+]2C)c(C)n1-c1ccccc1.[Cl-]. The maximum atomic E-state index is 2.30. The summed E-state index contributed by atoms with van der Waals surface area (Å²) in [6.07, 6.45) is 6.42. The van der Waals surface area contributed by atoms with Crippen LogP contribution in [0.5, 0.6) is 0 Å². The van der Waals surface area contributed by atoms with Crippen LogP contribution in [0.25, 0.3) is 17.8 Å². The van der Waals surface area contributed by atoms with Gasteiger partial charge in [0.2, 0.25) is 5.69 Å². The van der Waals surface area contributed by atoms with Gasteiger partial charge in [-0.3, -0.25) is 0 Å². The predicted molar refractivity (Wildman–Crippen MR) is 91.8 cm³/mol. The van der Waals surface area contributed by atoms with Crippen molar-refractivity contribution in [3.05, 3.63) is 83.4 Å². The molecular formula is C20H21ClN2. The molecular weight excluding hydrogens is 304 g/mol. The molecule has 0 saturated heterocycles. The van der Waals surface area contributed by atoms with E-state index in [1.165, 1.54) is 28.3 Å². The summed E-state index contributed by atoms with van der Waals surface area (Å²) in [5.74, 6) is 0. The Morgan fingerprint density at radius 3 is 2.30 bits per heavy atom. The van der Waals surface area contributed by atoms with E-state index in [0.717, 1.165) is 0 Å². The standard InChI is InChI=1S/C20H21N2.ClH/c1-16-15-18(12-13-19-9-7-8-14-21(19)3)17(2)22(16)20-10-5-4-6-11-20;/h4-15H,1-3H3;1H/q+1;/p-1.